The summed E-state index contributed by atoms with van der Waals surface area (Å²) in [4.78, 5) is 12.3. The molecule has 20 heavy (non-hydrogen) atoms. The molecule has 2 aromatic rings. The Hall–Kier alpha value is -2.09. The maximum atomic E-state index is 12.3. The van der Waals surface area contributed by atoms with E-state index in [1.54, 1.807) is 19.2 Å². The lowest BCUT2D eigenvalue weighted by Crippen LogP contribution is -2.01. The summed E-state index contributed by atoms with van der Waals surface area (Å²) in [6, 6.07) is 15.1. The van der Waals surface area contributed by atoms with Crippen molar-refractivity contribution in [3.05, 3.63) is 65.2 Å². The summed E-state index contributed by atoms with van der Waals surface area (Å²) in [7, 11) is 1.62. The van der Waals surface area contributed by atoms with Gasteiger partial charge in [0, 0.05) is 11.1 Å². The molecule has 0 saturated carbocycles. The van der Waals surface area contributed by atoms with E-state index in [9.17, 15) is 4.79 Å². The van der Waals surface area contributed by atoms with Gasteiger partial charge in [-0.2, -0.15) is 0 Å². The third kappa shape index (κ3) is 3.47. The van der Waals surface area contributed by atoms with Gasteiger partial charge in [-0.3, -0.25) is 4.79 Å². The van der Waals surface area contributed by atoms with Crippen LogP contribution in [0.15, 0.2) is 48.5 Å². The van der Waals surface area contributed by atoms with E-state index in [0.717, 1.165) is 17.7 Å². The Bertz CT molecular complexity index is 553. The van der Waals surface area contributed by atoms with Crippen molar-refractivity contribution in [1.82, 2.24) is 0 Å². The average molecular weight is 268 g/mol. The second kappa shape index (κ2) is 6.90. The van der Waals surface area contributed by atoms with E-state index in [1.807, 2.05) is 36.4 Å². The predicted octanol–water partition coefficient (Wildman–Crippen LogP) is 4.27. The van der Waals surface area contributed by atoms with Crippen molar-refractivity contribution in [3.63, 3.8) is 0 Å². The van der Waals surface area contributed by atoms with Crippen LogP contribution < -0.4 is 4.74 Å². The molecule has 0 saturated heterocycles. The molecule has 0 amide bonds. The summed E-state index contributed by atoms with van der Waals surface area (Å²) in [5.41, 5.74) is 2.71. The molecule has 0 N–H and O–H groups in total. The molecule has 0 bridgehead atoms. The fourth-order valence-corrected chi connectivity index (χ4v) is 2.11. The number of carbonyl (C=O) groups excluding carboxylic acids is 1. The molecule has 0 fully saturated rings. The topological polar surface area (TPSA) is 26.3 Å². The van der Waals surface area contributed by atoms with E-state index < -0.39 is 0 Å². The van der Waals surface area contributed by atoms with Crippen LogP contribution in [0, 0.1) is 0 Å². The van der Waals surface area contributed by atoms with Crippen molar-refractivity contribution in [1.29, 1.82) is 0 Å². The Labute approximate surface area is 120 Å². The third-order valence-corrected chi connectivity index (χ3v) is 3.39. The van der Waals surface area contributed by atoms with Gasteiger partial charge in [0.05, 0.1) is 7.11 Å². The summed E-state index contributed by atoms with van der Waals surface area (Å²) < 4.78 is 5.10. The van der Waals surface area contributed by atoms with Gasteiger partial charge in [0.25, 0.3) is 0 Å². The standard InChI is InChI=1S/C18H20O2/c1-3-4-5-14-6-8-15(9-7-14)18(19)16-10-12-17(20-2)13-11-16/h6-13H,3-5H2,1-2H3. The number of aryl methyl sites for hydroxylation is 1. The zero-order chi connectivity index (χ0) is 14.4. The fourth-order valence-electron chi connectivity index (χ4n) is 2.11. The maximum Gasteiger partial charge on any atom is 0.193 e. The lowest BCUT2D eigenvalue weighted by Gasteiger charge is -2.05. The Morgan fingerprint density at radius 1 is 0.950 bits per heavy atom. The molecule has 2 rings (SSSR count). The number of benzene rings is 2. The number of ketones is 1. The second-order valence-electron chi connectivity index (χ2n) is 4.86. The van der Waals surface area contributed by atoms with Crippen LogP contribution in [0.4, 0.5) is 0 Å². The van der Waals surface area contributed by atoms with Crippen molar-refractivity contribution in [2.75, 3.05) is 7.11 Å². The van der Waals surface area contributed by atoms with Crippen molar-refractivity contribution in [2.45, 2.75) is 26.2 Å². The number of ether oxygens (including phenoxy) is 1. The first-order valence-electron chi connectivity index (χ1n) is 7.02. The van der Waals surface area contributed by atoms with Crippen molar-refractivity contribution in [2.24, 2.45) is 0 Å². The average Bonchev–Trinajstić information content (AvgIpc) is 2.53. The van der Waals surface area contributed by atoms with Crippen LogP contribution in [0.1, 0.15) is 41.3 Å². The molecule has 0 atom stereocenters. The summed E-state index contributed by atoms with van der Waals surface area (Å²) in [5, 5.41) is 0. The fraction of sp³-hybridized carbons (Fsp3) is 0.278. The van der Waals surface area contributed by atoms with E-state index in [-0.39, 0.29) is 5.78 Å². The molecule has 0 aliphatic carbocycles. The number of unbranched alkanes of at least 4 members (excludes halogenated alkanes) is 1. The monoisotopic (exact) mass is 268 g/mol. The molecule has 0 unspecified atom stereocenters. The van der Waals surface area contributed by atoms with Crippen molar-refractivity contribution >= 4 is 5.78 Å². The molecule has 2 heteroatoms. The maximum absolute atomic E-state index is 12.3. The van der Waals surface area contributed by atoms with Crippen LogP contribution >= 0.6 is 0 Å². The highest BCUT2D eigenvalue weighted by atomic mass is 16.5. The molecule has 0 spiro atoms. The molecule has 0 heterocycles. The largest absolute Gasteiger partial charge is 0.497 e. The third-order valence-electron chi connectivity index (χ3n) is 3.39. The number of hydrogen-bond donors (Lipinski definition) is 0. The molecular formula is C18H20O2. The Kier molecular flexibility index (Phi) is 4.94. The Balaban J connectivity index is 2.11. The van der Waals surface area contributed by atoms with E-state index in [1.165, 1.54) is 18.4 Å². The van der Waals surface area contributed by atoms with Crippen LogP contribution in [0.5, 0.6) is 5.75 Å². The van der Waals surface area contributed by atoms with Gasteiger partial charge in [0.1, 0.15) is 5.75 Å². The summed E-state index contributed by atoms with van der Waals surface area (Å²) in [5.74, 6) is 0.811. The quantitative estimate of drug-likeness (QED) is 0.731. The minimum atomic E-state index is 0.0506. The lowest BCUT2D eigenvalue weighted by molar-refractivity contribution is 0.103. The number of carbonyl (C=O) groups is 1. The molecule has 0 aliphatic rings. The lowest BCUT2D eigenvalue weighted by atomic mass is 10.0. The van der Waals surface area contributed by atoms with E-state index in [4.69, 9.17) is 4.74 Å². The van der Waals surface area contributed by atoms with Crippen LogP contribution in [0.2, 0.25) is 0 Å². The van der Waals surface area contributed by atoms with Crippen molar-refractivity contribution in [3.8, 4) is 5.75 Å². The normalized spacial score (nSPS) is 10.3. The Morgan fingerprint density at radius 2 is 1.50 bits per heavy atom. The zero-order valence-corrected chi connectivity index (χ0v) is 12.1. The van der Waals surface area contributed by atoms with Crippen LogP contribution in [-0.2, 0) is 6.42 Å². The number of rotatable bonds is 6. The van der Waals surface area contributed by atoms with Crippen LogP contribution in [0.25, 0.3) is 0 Å². The number of hydrogen-bond acceptors (Lipinski definition) is 2. The smallest absolute Gasteiger partial charge is 0.193 e. The molecule has 0 aromatic heterocycles. The van der Waals surface area contributed by atoms with Gasteiger partial charge in [-0.25, -0.2) is 0 Å². The van der Waals surface area contributed by atoms with Gasteiger partial charge in [-0.05, 0) is 42.7 Å². The number of methoxy groups -OCH3 is 1. The first kappa shape index (κ1) is 14.3. The molecule has 0 radical (unpaired) electrons. The van der Waals surface area contributed by atoms with E-state index in [0.29, 0.717) is 5.56 Å². The highest BCUT2D eigenvalue weighted by molar-refractivity contribution is 6.09. The SMILES string of the molecule is CCCCc1ccc(C(=O)c2ccc(OC)cc2)cc1. The Morgan fingerprint density at radius 3 is 2.00 bits per heavy atom. The molecule has 0 aliphatic heterocycles. The van der Waals surface area contributed by atoms with Gasteiger partial charge in [0.2, 0.25) is 0 Å². The predicted molar refractivity (Wildman–Crippen MR) is 81.5 cm³/mol. The van der Waals surface area contributed by atoms with Gasteiger partial charge in [-0.1, -0.05) is 37.6 Å². The van der Waals surface area contributed by atoms with Gasteiger partial charge >= 0.3 is 0 Å². The molecule has 104 valence electrons. The summed E-state index contributed by atoms with van der Waals surface area (Å²) in [6.07, 6.45) is 3.45. The van der Waals surface area contributed by atoms with Gasteiger partial charge in [0.15, 0.2) is 5.78 Å². The minimum absolute atomic E-state index is 0.0506. The molecule has 2 nitrogen and oxygen atoms in total. The van der Waals surface area contributed by atoms with E-state index in [2.05, 4.69) is 6.92 Å². The van der Waals surface area contributed by atoms with Crippen LogP contribution in [-0.4, -0.2) is 12.9 Å². The first-order valence-corrected chi connectivity index (χ1v) is 7.02. The second-order valence-corrected chi connectivity index (χ2v) is 4.86. The minimum Gasteiger partial charge on any atom is -0.497 e. The van der Waals surface area contributed by atoms with Gasteiger partial charge < -0.3 is 4.74 Å². The van der Waals surface area contributed by atoms with E-state index >= 15 is 0 Å². The van der Waals surface area contributed by atoms with Gasteiger partial charge in [-0.15, -0.1) is 0 Å². The summed E-state index contributed by atoms with van der Waals surface area (Å²) >= 11 is 0. The highest BCUT2D eigenvalue weighted by Gasteiger charge is 2.08. The zero-order valence-electron chi connectivity index (χ0n) is 12.1. The molecular weight excluding hydrogens is 248 g/mol. The highest BCUT2D eigenvalue weighted by Crippen LogP contribution is 2.16. The summed E-state index contributed by atoms with van der Waals surface area (Å²) in [6.45, 7) is 2.18. The molecule has 2 aromatic carbocycles. The van der Waals surface area contributed by atoms with Crippen LogP contribution in [0.3, 0.4) is 0 Å². The first-order chi connectivity index (χ1) is 9.74. The van der Waals surface area contributed by atoms with Crippen molar-refractivity contribution < 1.29 is 9.53 Å².